The van der Waals surface area contributed by atoms with Crippen molar-refractivity contribution in [3.8, 4) is 0 Å². The summed E-state index contributed by atoms with van der Waals surface area (Å²) >= 11 is 0. The van der Waals surface area contributed by atoms with Crippen LogP contribution in [-0.2, 0) is 9.84 Å². The number of fused-ring (bicyclic) bond motifs is 1. The van der Waals surface area contributed by atoms with Crippen LogP contribution in [0.3, 0.4) is 0 Å². The molecule has 0 aliphatic rings. The Morgan fingerprint density at radius 2 is 1.08 bits per heavy atom. The Morgan fingerprint density at radius 3 is 1.62 bits per heavy atom. The van der Waals surface area contributed by atoms with Gasteiger partial charge in [0, 0.05) is 42.9 Å². The number of nitrogens with zero attached hydrogens (tertiary/aromatic N) is 2. The van der Waals surface area contributed by atoms with E-state index in [2.05, 4.69) is 73.9 Å². The zero-order valence-corrected chi connectivity index (χ0v) is 30.5. The second kappa shape index (κ2) is 19.2. The van der Waals surface area contributed by atoms with Crippen LogP contribution in [0, 0.1) is 0 Å². The van der Waals surface area contributed by atoms with Crippen molar-refractivity contribution in [2.24, 2.45) is 0 Å². The number of hydrogen-bond donors (Lipinski definition) is 0. The van der Waals surface area contributed by atoms with Crippen LogP contribution >= 0.6 is 0 Å². The maximum atomic E-state index is 14.5. The summed E-state index contributed by atoms with van der Waals surface area (Å²) in [5, 5.41) is 0.850. The second-order valence-corrected chi connectivity index (χ2v) is 14.8. The molecule has 0 N–H and O–H groups in total. The first kappa shape index (κ1) is 37.0. The number of benzene rings is 4. The fourth-order valence-corrected chi connectivity index (χ4v) is 7.96. The van der Waals surface area contributed by atoms with E-state index in [9.17, 15) is 8.42 Å². The highest BCUT2D eigenvalue weighted by atomic mass is 32.2. The molecule has 48 heavy (non-hydrogen) atoms. The highest BCUT2D eigenvalue weighted by Crippen LogP contribution is 2.35. The smallest absolute Gasteiger partial charge is 0.189 e. The van der Waals surface area contributed by atoms with Crippen molar-refractivity contribution < 1.29 is 8.42 Å². The number of sulfone groups is 1. The van der Waals surface area contributed by atoms with E-state index in [0.29, 0.717) is 4.90 Å². The number of rotatable bonds is 20. The van der Waals surface area contributed by atoms with Gasteiger partial charge in [-0.3, -0.25) is 0 Å². The van der Waals surface area contributed by atoms with Crippen molar-refractivity contribution >= 4 is 38.1 Å². The Balaban J connectivity index is 1.63. The van der Waals surface area contributed by atoms with E-state index in [4.69, 9.17) is 0 Å². The van der Waals surface area contributed by atoms with Gasteiger partial charge in [0.05, 0.1) is 4.90 Å². The first-order valence-corrected chi connectivity index (χ1v) is 19.7. The number of allylic oxidation sites excluding steroid dienone is 2. The summed E-state index contributed by atoms with van der Waals surface area (Å²) in [5.74, 6) is 0. The lowest BCUT2D eigenvalue weighted by Gasteiger charge is -2.25. The average molecular weight is 665 g/mol. The lowest BCUT2D eigenvalue weighted by Crippen LogP contribution is -2.25. The highest BCUT2D eigenvalue weighted by molar-refractivity contribution is 7.92. The largest absolute Gasteiger partial charge is 0.372 e. The third kappa shape index (κ3) is 10.1. The van der Waals surface area contributed by atoms with Crippen molar-refractivity contribution in [3.63, 3.8) is 0 Å². The van der Waals surface area contributed by atoms with Gasteiger partial charge in [-0.15, -0.1) is 0 Å². The van der Waals surface area contributed by atoms with Crippen LogP contribution in [0.4, 0.5) is 11.4 Å². The van der Waals surface area contributed by atoms with Gasteiger partial charge >= 0.3 is 0 Å². The van der Waals surface area contributed by atoms with Crippen molar-refractivity contribution in [2.45, 2.75) is 89.2 Å². The quantitative estimate of drug-likeness (QED) is 0.0882. The second-order valence-electron chi connectivity index (χ2n) is 12.8. The number of unbranched alkanes of at least 4 members (excludes halogenated alkanes) is 4. The van der Waals surface area contributed by atoms with Gasteiger partial charge in [-0.05, 0) is 72.5 Å². The van der Waals surface area contributed by atoms with Gasteiger partial charge in [0.25, 0.3) is 0 Å². The van der Waals surface area contributed by atoms with E-state index in [1.54, 1.807) is 6.07 Å². The minimum Gasteiger partial charge on any atom is -0.372 e. The average Bonchev–Trinajstić information content (AvgIpc) is 3.12. The van der Waals surface area contributed by atoms with Crippen molar-refractivity contribution in [1.82, 2.24) is 0 Å². The molecule has 0 aliphatic heterocycles. The Bertz CT molecular complexity index is 1670. The topological polar surface area (TPSA) is 40.6 Å². The molecular weight excluding hydrogens is 609 g/mol. The molecule has 0 spiro atoms. The number of hydrogen-bond acceptors (Lipinski definition) is 4. The molecule has 0 aliphatic carbocycles. The van der Waals surface area contributed by atoms with Crippen molar-refractivity contribution in [3.05, 3.63) is 120 Å². The summed E-state index contributed by atoms with van der Waals surface area (Å²) in [5.41, 5.74) is 4.27. The fraction of sp³-hybridized carbons (Fsp3) is 0.395. The zero-order valence-electron chi connectivity index (χ0n) is 29.7. The number of anilines is 2. The van der Waals surface area contributed by atoms with Gasteiger partial charge in [-0.2, -0.15) is 0 Å². The highest BCUT2D eigenvalue weighted by Gasteiger charge is 2.28. The van der Waals surface area contributed by atoms with Gasteiger partial charge in [0.2, 0.25) is 0 Å². The van der Waals surface area contributed by atoms with E-state index in [1.165, 1.54) is 31.4 Å². The van der Waals surface area contributed by atoms with Crippen LogP contribution in [0.1, 0.15) is 95.4 Å². The molecule has 4 aromatic carbocycles. The SMILES string of the molecule is CCCCN(CCCC)c1ccc(C=CC=CC(c2ccc(N(CCCC)CCCC)cc2)S(=O)(=O)c2cccc3ccccc23)cc1. The molecule has 5 heteroatoms. The van der Waals surface area contributed by atoms with E-state index in [-0.39, 0.29) is 0 Å². The fourth-order valence-electron chi connectivity index (χ4n) is 6.11. The lowest BCUT2D eigenvalue weighted by molar-refractivity contribution is 0.591. The molecule has 0 saturated heterocycles. The molecule has 256 valence electrons. The predicted octanol–water partition coefficient (Wildman–Crippen LogP) is 11.4. The van der Waals surface area contributed by atoms with E-state index >= 15 is 0 Å². The molecule has 0 fully saturated rings. The first-order valence-electron chi connectivity index (χ1n) is 18.2. The molecule has 1 atom stereocenters. The summed E-state index contributed by atoms with van der Waals surface area (Å²) in [6.07, 6.45) is 17.0. The summed E-state index contributed by atoms with van der Waals surface area (Å²) in [4.78, 5) is 5.28. The summed E-state index contributed by atoms with van der Waals surface area (Å²) in [7, 11) is -3.76. The minimum absolute atomic E-state index is 0.363. The standard InChI is InChI=1S/C43H56N2O2S/c1-5-9-32-44(33-10-6-2)39-28-24-36(25-29-39)18-13-16-22-42(48(46,47)43-23-17-20-37-19-14-15-21-41(37)43)38-26-30-40(31-27-38)45(34-11-7-3)35-12-8-4/h13-31,42H,5-12,32-35H2,1-4H3. The summed E-state index contributed by atoms with van der Waals surface area (Å²) in [6.45, 7) is 13.1. The van der Waals surface area contributed by atoms with Crippen LogP contribution in [0.2, 0.25) is 0 Å². The third-order valence-electron chi connectivity index (χ3n) is 9.05. The Morgan fingerprint density at radius 1 is 0.583 bits per heavy atom. The molecule has 4 nitrogen and oxygen atoms in total. The van der Waals surface area contributed by atoms with Gasteiger partial charge < -0.3 is 9.80 Å². The third-order valence-corrected chi connectivity index (χ3v) is 11.1. The van der Waals surface area contributed by atoms with Crippen LogP contribution in [0.25, 0.3) is 16.8 Å². The van der Waals surface area contributed by atoms with Gasteiger partial charge in [-0.25, -0.2) is 8.42 Å². The van der Waals surface area contributed by atoms with Gasteiger partial charge in [-0.1, -0.05) is 138 Å². The molecule has 0 radical (unpaired) electrons. The van der Waals surface area contributed by atoms with Gasteiger partial charge in [0.1, 0.15) is 5.25 Å². The van der Waals surface area contributed by atoms with Gasteiger partial charge in [0.15, 0.2) is 9.84 Å². The zero-order chi connectivity index (χ0) is 34.2. The monoisotopic (exact) mass is 664 g/mol. The Hall–Kier alpha value is -3.83. The van der Waals surface area contributed by atoms with Crippen molar-refractivity contribution in [1.29, 1.82) is 0 Å². The Labute approximate surface area is 291 Å². The molecule has 0 aromatic heterocycles. The molecule has 0 bridgehead atoms. The molecule has 4 aromatic rings. The maximum absolute atomic E-state index is 14.5. The Kier molecular flexibility index (Phi) is 14.8. The van der Waals surface area contributed by atoms with Crippen LogP contribution < -0.4 is 9.80 Å². The van der Waals surface area contributed by atoms with Crippen molar-refractivity contribution in [2.75, 3.05) is 36.0 Å². The predicted molar refractivity (Wildman–Crippen MR) is 209 cm³/mol. The molecule has 0 heterocycles. The minimum atomic E-state index is -3.76. The van der Waals surface area contributed by atoms with Crippen LogP contribution in [0.15, 0.2) is 114 Å². The van der Waals surface area contributed by atoms with E-state index in [0.717, 1.165) is 79.4 Å². The normalized spacial score (nSPS) is 12.7. The molecule has 0 amide bonds. The molecule has 1 unspecified atom stereocenters. The van der Waals surface area contributed by atoms with Crippen LogP contribution in [-0.4, -0.2) is 34.6 Å². The molecule has 0 saturated carbocycles. The molecule has 4 rings (SSSR count). The van der Waals surface area contributed by atoms with E-state index < -0.39 is 15.1 Å². The lowest BCUT2D eigenvalue weighted by atomic mass is 10.1. The van der Waals surface area contributed by atoms with E-state index in [1.807, 2.05) is 72.8 Å². The summed E-state index contributed by atoms with van der Waals surface area (Å²) in [6, 6.07) is 30.2. The maximum Gasteiger partial charge on any atom is 0.189 e. The molecular formula is C43H56N2O2S. The first-order chi connectivity index (χ1) is 23.4. The summed E-state index contributed by atoms with van der Waals surface area (Å²) < 4.78 is 28.9. The van der Waals surface area contributed by atoms with Crippen LogP contribution in [0.5, 0.6) is 0 Å².